The molecule has 2 rings (SSSR count). The van der Waals surface area contributed by atoms with Crippen LogP contribution in [0.25, 0.3) is 0 Å². The van der Waals surface area contributed by atoms with E-state index in [1.807, 2.05) is 0 Å². The Morgan fingerprint density at radius 2 is 1.47 bits per heavy atom. The fourth-order valence-electron chi connectivity index (χ4n) is 2.45. The number of allylic oxidation sites excluding steroid dienone is 2. The average molecular weight is 236 g/mol. The number of rotatable bonds is 4. The van der Waals surface area contributed by atoms with Gasteiger partial charge in [0.25, 0.3) is 0 Å². The molecule has 0 aromatic carbocycles. The molecule has 0 saturated carbocycles. The topological polar surface area (TPSA) is 52.6 Å². The zero-order chi connectivity index (χ0) is 12.4. The molecule has 0 N–H and O–H groups in total. The number of ether oxygens (including phenoxy) is 2. The molecule has 0 amide bonds. The number of carbonyl (C=O) groups is 2. The molecule has 0 saturated heterocycles. The Morgan fingerprint density at radius 1 is 1.06 bits per heavy atom. The van der Waals surface area contributed by atoms with Crippen molar-refractivity contribution in [2.45, 2.75) is 20.3 Å². The molecule has 0 fully saturated rings. The second-order valence-electron chi connectivity index (χ2n) is 4.44. The minimum Gasteiger partial charge on any atom is -0.461 e. The van der Waals surface area contributed by atoms with Gasteiger partial charge in [-0.15, -0.1) is 0 Å². The van der Waals surface area contributed by atoms with Gasteiger partial charge < -0.3 is 9.47 Å². The molecule has 0 radical (unpaired) electrons. The Bertz CT molecular complexity index is 370. The van der Waals surface area contributed by atoms with E-state index < -0.39 is 0 Å². The SMILES string of the molecule is CC(=O)OCC1=C(COC(C)=O)[C@H]2C=C[C@@H]1C2. The van der Waals surface area contributed by atoms with E-state index in [0.29, 0.717) is 25.0 Å². The Morgan fingerprint density at radius 3 is 1.82 bits per heavy atom. The molecule has 0 aromatic rings. The predicted molar refractivity (Wildman–Crippen MR) is 61.0 cm³/mol. The van der Waals surface area contributed by atoms with Gasteiger partial charge in [0.2, 0.25) is 0 Å². The Labute approximate surface area is 100 Å². The van der Waals surface area contributed by atoms with Gasteiger partial charge in [-0.25, -0.2) is 0 Å². The summed E-state index contributed by atoms with van der Waals surface area (Å²) in [7, 11) is 0. The summed E-state index contributed by atoms with van der Waals surface area (Å²) < 4.78 is 10.1. The second kappa shape index (κ2) is 4.73. The molecule has 4 heteroatoms. The maximum absolute atomic E-state index is 10.8. The van der Waals surface area contributed by atoms with Gasteiger partial charge in [-0.1, -0.05) is 12.2 Å². The molecule has 0 spiro atoms. The second-order valence-corrected chi connectivity index (χ2v) is 4.44. The number of carbonyl (C=O) groups excluding carboxylic acids is 2. The van der Waals surface area contributed by atoms with Gasteiger partial charge in [0.05, 0.1) is 0 Å². The van der Waals surface area contributed by atoms with Gasteiger partial charge in [0, 0.05) is 25.7 Å². The van der Waals surface area contributed by atoms with Gasteiger partial charge in [0.15, 0.2) is 0 Å². The van der Waals surface area contributed by atoms with Gasteiger partial charge >= 0.3 is 11.9 Å². The molecule has 0 aliphatic heterocycles. The average Bonchev–Trinajstić information content (AvgIpc) is 2.83. The van der Waals surface area contributed by atoms with E-state index in [9.17, 15) is 9.59 Å². The van der Waals surface area contributed by atoms with Crippen LogP contribution >= 0.6 is 0 Å². The predicted octanol–water partition coefficient (Wildman–Crippen LogP) is 1.62. The molecule has 0 aromatic heterocycles. The highest BCUT2D eigenvalue weighted by Gasteiger charge is 2.35. The lowest BCUT2D eigenvalue weighted by molar-refractivity contribution is -0.141. The minimum atomic E-state index is -0.281. The van der Waals surface area contributed by atoms with Crippen molar-refractivity contribution in [1.82, 2.24) is 0 Å². The number of fused-ring (bicyclic) bond motifs is 2. The van der Waals surface area contributed by atoms with E-state index >= 15 is 0 Å². The third-order valence-electron chi connectivity index (χ3n) is 3.25. The standard InChI is InChI=1S/C13H16O4/c1-8(14)16-6-12-10-3-4-11(5-10)13(12)7-17-9(2)15/h3-4,10-11H,5-7H2,1-2H3/t10-,11+. The van der Waals surface area contributed by atoms with Crippen molar-refractivity contribution < 1.29 is 19.1 Å². The Kier molecular flexibility index (Phi) is 3.31. The summed E-state index contributed by atoms with van der Waals surface area (Å²) in [5, 5.41) is 0. The van der Waals surface area contributed by atoms with Crippen LogP contribution in [-0.2, 0) is 19.1 Å². The normalized spacial score (nSPS) is 25.3. The van der Waals surface area contributed by atoms with E-state index in [-0.39, 0.29) is 11.9 Å². The lowest BCUT2D eigenvalue weighted by Crippen LogP contribution is -2.13. The van der Waals surface area contributed by atoms with E-state index in [1.54, 1.807) is 0 Å². The van der Waals surface area contributed by atoms with Crippen LogP contribution in [0.15, 0.2) is 23.3 Å². The van der Waals surface area contributed by atoms with Gasteiger partial charge in [0.1, 0.15) is 13.2 Å². The molecule has 2 aliphatic rings. The lowest BCUT2D eigenvalue weighted by Gasteiger charge is -2.16. The van der Waals surface area contributed by atoms with Crippen molar-refractivity contribution in [2.24, 2.45) is 11.8 Å². The summed E-state index contributed by atoms with van der Waals surface area (Å²) >= 11 is 0. The molecular weight excluding hydrogens is 220 g/mol. The van der Waals surface area contributed by atoms with Crippen molar-refractivity contribution in [3.05, 3.63) is 23.3 Å². The van der Waals surface area contributed by atoms with Gasteiger partial charge in [-0.2, -0.15) is 0 Å². The van der Waals surface area contributed by atoms with Crippen LogP contribution in [-0.4, -0.2) is 25.2 Å². The van der Waals surface area contributed by atoms with Crippen molar-refractivity contribution in [3.63, 3.8) is 0 Å². The van der Waals surface area contributed by atoms with Gasteiger partial charge in [-0.05, 0) is 17.6 Å². The summed E-state index contributed by atoms with van der Waals surface area (Å²) in [5.74, 6) is 0.141. The third kappa shape index (κ3) is 2.57. The fraction of sp³-hybridized carbons (Fsp3) is 0.538. The molecule has 17 heavy (non-hydrogen) atoms. The van der Waals surface area contributed by atoms with Crippen LogP contribution in [0.5, 0.6) is 0 Å². The molecule has 0 unspecified atom stereocenters. The van der Waals surface area contributed by atoms with Crippen LogP contribution in [0.1, 0.15) is 20.3 Å². The number of esters is 2. The largest absolute Gasteiger partial charge is 0.461 e. The summed E-state index contributed by atoms with van der Waals surface area (Å²) in [4.78, 5) is 21.7. The molecule has 0 heterocycles. The minimum absolute atomic E-state index is 0.281. The highest BCUT2D eigenvalue weighted by molar-refractivity contribution is 5.67. The van der Waals surface area contributed by atoms with Crippen LogP contribution in [0, 0.1) is 11.8 Å². The highest BCUT2D eigenvalue weighted by atomic mass is 16.5. The quantitative estimate of drug-likeness (QED) is 0.549. The first-order chi connectivity index (χ1) is 8.08. The third-order valence-corrected chi connectivity index (χ3v) is 3.25. The van der Waals surface area contributed by atoms with E-state index in [1.165, 1.54) is 13.8 Å². The molecule has 2 aliphatic carbocycles. The number of hydrogen-bond acceptors (Lipinski definition) is 4. The molecule has 92 valence electrons. The summed E-state index contributed by atoms with van der Waals surface area (Å²) in [6.07, 6.45) is 5.30. The lowest BCUT2D eigenvalue weighted by atomic mass is 9.98. The maximum atomic E-state index is 10.8. The summed E-state index contributed by atoms with van der Waals surface area (Å²) in [6.45, 7) is 3.43. The molecule has 4 nitrogen and oxygen atoms in total. The van der Waals surface area contributed by atoms with E-state index in [2.05, 4.69) is 12.2 Å². The van der Waals surface area contributed by atoms with E-state index in [0.717, 1.165) is 17.6 Å². The van der Waals surface area contributed by atoms with Crippen LogP contribution in [0.2, 0.25) is 0 Å². The van der Waals surface area contributed by atoms with Crippen molar-refractivity contribution >= 4 is 11.9 Å². The molecular formula is C13H16O4. The monoisotopic (exact) mass is 236 g/mol. The van der Waals surface area contributed by atoms with Crippen LogP contribution < -0.4 is 0 Å². The van der Waals surface area contributed by atoms with Crippen molar-refractivity contribution in [1.29, 1.82) is 0 Å². The Hall–Kier alpha value is -1.58. The Balaban J connectivity index is 2.05. The van der Waals surface area contributed by atoms with Crippen LogP contribution in [0.4, 0.5) is 0 Å². The summed E-state index contributed by atoms with van der Waals surface area (Å²) in [5.41, 5.74) is 2.21. The van der Waals surface area contributed by atoms with E-state index in [4.69, 9.17) is 9.47 Å². The smallest absolute Gasteiger partial charge is 0.302 e. The van der Waals surface area contributed by atoms with Crippen molar-refractivity contribution in [3.8, 4) is 0 Å². The van der Waals surface area contributed by atoms with Crippen molar-refractivity contribution in [2.75, 3.05) is 13.2 Å². The number of hydrogen-bond donors (Lipinski definition) is 0. The first kappa shape index (κ1) is 11.9. The first-order valence-electron chi connectivity index (χ1n) is 5.74. The molecule has 2 atom stereocenters. The first-order valence-corrected chi connectivity index (χ1v) is 5.74. The van der Waals surface area contributed by atoms with Gasteiger partial charge in [-0.3, -0.25) is 9.59 Å². The fourth-order valence-corrected chi connectivity index (χ4v) is 2.45. The molecule has 2 bridgehead atoms. The maximum Gasteiger partial charge on any atom is 0.302 e. The summed E-state index contributed by atoms with van der Waals surface area (Å²) in [6, 6.07) is 0. The zero-order valence-electron chi connectivity index (χ0n) is 10.1. The highest BCUT2D eigenvalue weighted by Crippen LogP contribution is 2.43. The zero-order valence-corrected chi connectivity index (χ0v) is 10.1. The van der Waals surface area contributed by atoms with Crippen LogP contribution in [0.3, 0.4) is 0 Å².